The highest BCUT2D eigenvalue weighted by Gasteiger charge is 2.25. The highest BCUT2D eigenvalue weighted by Crippen LogP contribution is 2.51. The monoisotopic (exact) mass is 629 g/mol. The summed E-state index contributed by atoms with van der Waals surface area (Å²) in [6, 6.07) is 0. The van der Waals surface area contributed by atoms with Crippen LogP contribution in [0, 0.1) is 0 Å². The summed E-state index contributed by atoms with van der Waals surface area (Å²) in [5, 5.41) is 18.9. The van der Waals surface area contributed by atoms with Gasteiger partial charge < -0.3 is 10.2 Å². The molecule has 0 saturated carbocycles. The summed E-state index contributed by atoms with van der Waals surface area (Å²) in [6.07, 6.45) is 37.9. The number of hydrogen-bond acceptors (Lipinski definition) is 2. The molecule has 43 heavy (non-hydrogen) atoms. The first-order valence-corrected chi connectivity index (χ1v) is 21.4. The summed E-state index contributed by atoms with van der Waals surface area (Å²) in [5.74, 6) is 2.12. The van der Waals surface area contributed by atoms with E-state index < -0.39 is 22.0 Å². The van der Waals surface area contributed by atoms with Gasteiger partial charge in [0.25, 0.3) is 0 Å². The predicted octanol–water partition coefficient (Wildman–Crippen LogP) is 12.7. The maximum absolute atomic E-state index is 11.5. The molecule has 258 valence electrons. The van der Waals surface area contributed by atoms with Crippen molar-refractivity contribution in [2.75, 3.05) is 23.0 Å². The molecule has 0 radical (unpaired) electrons. The van der Waals surface area contributed by atoms with Crippen LogP contribution in [0.4, 0.5) is 0 Å². The Hall–Kier alpha value is -0.710. The highest BCUT2D eigenvalue weighted by molar-refractivity contribution is 8.33. The lowest BCUT2D eigenvalue weighted by Gasteiger charge is -2.40. The molecule has 0 rings (SSSR count). The Kier molecular flexibility index (Phi) is 32.1. The van der Waals surface area contributed by atoms with Gasteiger partial charge in [-0.05, 0) is 35.9 Å². The summed E-state index contributed by atoms with van der Waals surface area (Å²) in [4.78, 5) is 23.0. The summed E-state index contributed by atoms with van der Waals surface area (Å²) in [7, 11) is -1.18. The van der Waals surface area contributed by atoms with Crippen molar-refractivity contribution in [3.63, 3.8) is 0 Å². The van der Waals surface area contributed by atoms with Crippen molar-refractivity contribution in [2.24, 2.45) is 0 Å². The second kappa shape index (κ2) is 32.7. The molecule has 0 spiro atoms. The Morgan fingerprint density at radius 2 is 0.558 bits per heavy atom. The van der Waals surface area contributed by atoms with Crippen molar-refractivity contribution in [1.82, 2.24) is 0 Å². The second-order valence-electron chi connectivity index (χ2n) is 13.5. The molecular formula is C38H76O4S. The molecule has 0 atom stereocenters. The molecular weight excluding hydrogens is 552 g/mol. The third kappa shape index (κ3) is 31.1. The summed E-state index contributed by atoms with van der Waals surface area (Å²) >= 11 is 0. The largest absolute Gasteiger partial charge is 0.481 e. The summed E-state index contributed by atoms with van der Waals surface area (Å²) in [5.41, 5.74) is 0. The van der Waals surface area contributed by atoms with Crippen LogP contribution in [0.25, 0.3) is 0 Å². The van der Waals surface area contributed by atoms with Gasteiger partial charge in [0.2, 0.25) is 0 Å². The van der Waals surface area contributed by atoms with Crippen LogP contribution in [0.2, 0.25) is 0 Å². The Bertz CT molecular complexity index is 557. The van der Waals surface area contributed by atoms with E-state index in [1.165, 1.54) is 167 Å². The van der Waals surface area contributed by atoms with E-state index in [4.69, 9.17) is 0 Å². The minimum atomic E-state index is -1.18. The van der Waals surface area contributed by atoms with Crippen molar-refractivity contribution >= 4 is 22.0 Å². The zero-order chi connectivity index (χ0) is 31.7. The summed E-state index contributed by atoms with van der Waals surface area (Å²) in [6.45, 7) is 4.55. The SMILES string of the molecule is CCCCCCCCCCCCCCCCS(CCCCCCCCCCCCCCCC)(CCC(=O)O)CCC(=O)O. The number of hydrogen-bond donors (Lipinski definition) is 2. The standard InChI is InChI=1S/C38H76O4S/c1-3-5-7-9-11-13-15-17-19-21-23-25-27-29-33-43(35-31-37(39)40,36-32-38(41)42)34-30-28-26-24-22-20-18-16-14-12-10-8-6-4-2/h3-36H2,1-2H3,(H,39,40)(H,41,42). The van der Waals surface area contributed by atoms with Crippen molar-refractivity contribution in [3.8, 4) is 0 Å². The molecule has 4 nitrogen and oxygen atoms in total. The minimum Gasteiger partial charge on any atom is -0.481 e. The van der Waals surface area contributed by atoms with Crippen LogP contribution >= 0.6 is 10.0 Å². The molecule has 0 aromatic heterocycles. The maximum atomic E-state index is 11.5. The lowest BCUT2D eigenvalue weighted by Crippen LogP contribution is -2.21. The average molecular weight is 629 g/mol. The highest BCUT2D eigenvalue weighted by atomic mass is 32.3. The van der Waals surface area contributed by atoms with Crippen LogP contribution in [0.3, 0.4) is 0 Å². The third-order valence-electron chi connectivity index (χ3n) is 9.36. The molecule has 0 fully saturated rings. The smallest absolute Gasteiger partial charge is 0.304 e. The Morgan fingerprint density at radius 1 is 0.349 bits per heavy atom. The minimum absolute atomic E-state index is 0.201. The number of carboxylic acids is 2. The number of carbonyl (C=O) groups is 2. The van der Waals surface area contributed by atoms with Crippen molar-refractivity contribution in [1.29, 1.82) is 0 Å². The zero-order valence-electron chi connectivity index (χ0n) is 29.2. The fourth-order valence-corrected chi connectivity index (χ4v) is 10.5. The maximum Gasteiger partial charge on any atom is 0.304 e. The van der Waals surface area contributed by atoms with E-state index in [9.17, 15) is 19.8 Å². The van der Waals surface area contributed by atoms with Crippen LogP contribution in [0.1, 0.15) is 206 Å². The number of unbranched alkanes of at least 4 members (excludes halogenated alkanes) is 26. The molecule has 0 bridgehead atoms. The first-order valence-electron chi connectivity index (χ1n) is 19.1. The zero-order valence-corrected chi connectivity index (χ0v) is 30.0. The summed E-state index contributed by atoms with van der Waals surface area (Å²) < 4.78 is 0. The van der Waals surface area contributed by atoms with Gasteiger partial charge in [0.15, 0.2) is 0 Å². The van der Waals surface area contributed by atoms with Gasteiger partial charge >= 0.3 is 11.9 Å². The molecule has 0 aromatic rings. The fraction of sp³-hybridized carbons (Fsp3) is 0.947. The quantitative estimate of drug-likeness (QED) is 0.0677. The molecule has 0 amide bonds. The van der Waals surface area contributed by atoms with Crippen molar-refractivity contribution in [2.45, 2.75) is 206 Å². The van der Waals surface area contributed by atoms with Crippen molar-refractivity contribution < 1.29 is 19.8 Å². The Morgan fingerprint density at radius 3 is 0.767 bits per heavy atom. The van der Waals surface area contributed by atoms with E-state index in [1.54, 1.807) is 0 Å². The van der Waals surface area contributed by atoms with E-state index in [-0.39, 0.29) is 12.8 Å². The van der Waals surface area contributed by atoms with Crippen LogP contribution in [0.5, 0.6) is 0 Å². The fourth-order valence-electron chi connectivity index (χ4n) is 6.43. The van der Waals surface area contributed by atoms with Crippen LogP contribution in [0.15, 0.2) is 0 Å². The van der Waals surface area contributed by atoms with Gasteiger partial charge in [-0.2, -0.15) is 0 Å². The molecule has 0 saturated heterocycles. The predicted molar refractivity (Wildman–Crippen MR) is 192 cm³/mol. The topological polar surface area (TPSA) is 74.6 Å². The van der Waals surface area contributed by atoms with E-state index >= 15 is 0 Å². The normalized spacial score (nSPS) is 12.1. The molecule has 0 unspecified atom stereocenters. The van der Waals surface area contributed by atoms with E-state index in [0.29, 0.717) is 11.5 Å². The van der Waals surface area contributed by atoms with E-state index in [2.05, 4.69) is 13.8 Å². The molecule has 0 aliphatic carbocycles. The Labute approximate surface area is 270 Å². The van der Waals surface area contributed by atoms with Gasteiger partial charge in [-0.3, -0.25) is 9.59 Å². The molecule has 0 heterocycles. The van der Waals surface area contributed by atoms with E-state index in [1.807, 2.05) is 0 Å². The first-order chi connectivity index (χ1) is 21.0. The van der Waals surface area contributed by atoms with Gasteiger partial charge in [0, 0.05) is 0 Å². The lowest BCUT2D eigenvalue weighted by atomic mass is 10.0. The van der Waals surface area contributed by atoms with Gasteiger partial charge in [-0.25, -0.2) is 10.0 Å². The van der Waals surface area contributed by atoms with Crippen LogP contribution in [-0.2, 0) is 9.59 Å². The molecule has 2 N–H and O–H groups in total. The Balaban J connectivity index is 4.22. The van der Waals surface area contributed by atoms with Gasteiger partial charge in [-0.1, -0.05) is 181 Å². The molecule has 0 aliphatic heterocycles. The number of carboxylic acid groups (broad SMARTS) is 2. The lowest BCUT2D eigenvalue weighted by molar-refractivity contribution is -0.137. The van der Waals surface area contributed by atoms with Gasteiger partial charge in [0.1, 0.15) is 0 Å². The van der Waals surface area contributed by atoms with Gasteiger partial charge in [0.05, 0.1) is 12.8 Å². The number of aliphatic carboxylic acids is 2. The third-order valence-corrected chi connectivity index (χ3v) is 13.8. The number of rotatable bonds is 36. The molecule has 0 aliphatic rings. The molecule has 0 aromatic carbocycles. The average Bonchev–Trinajstić information content (AvgIpc) is 2.99. The molecule has 5 heteroatoms. The van der Waals surface area contributed by atoms with Crippen LogP contribution < -0.4 is 0 Å². The van der Waals surface area contributed by atoms with Crippen molar-refractivity contribution in [3.05, 3.63) is 0 Å². The van der Waals surface area contributed by atoms with E-state index in [0.717, 1.165) is 24.3 Å². The second-order valence-corrected chi connectivity index (χ2v) is 17.6. The first kappa shape index (κ1) is 42.3. The van der Waals surface area contributed by atoms with Gasteiger partial charge in [-0.15, -0.1) is 0 Å². The van der Waals surface area contributed by atoms with Crippen LogP contribution in [-0.4, -0.2) is 45.2 Å².